The van der Waals surface area contributed by atoms with Gasteiger partial charge in [-0.3, -0.25) is 0 Å². The summed E-state index contributed by atoms with van der Waals surface area (Å²) in [6.07, 6.45) is 14.8. The first kappa shape index (κ1) is 30.0. The largest absolute Gasteiger partial charge is 0.442 e. The molecule has 3 aliphatic heterocycles. The number of pyridine rings is 2. The quantitative estimate of drug-likeness (QED) is 0.240. The highest BCUT2D eigenvalue weighted by molar-refractivity contribution is 6.89. The molecule has 232 valence electrons. The van der Waals surface area contributed by atoms with Gasteiger partial charge in [-0.25, -0.2) is 0 Å². The molecular formula is C40H49N3OSi+2. The number of aryl methyl sites for hydroxylation is 1. The lowest BCUT2D eigenvalue weighted by Crippen LogP contribution is -2.57. The fourth-order valence-corrected chi connectivity index (χ4v) is 10.2. The van der Waals surface area contributed by atoms with E-state index in [0.29, 0.717) is 18.2 Å². The molecule has 2 unspecified atom stereocenters. The molecule has 1 aromatic carbocycles. The second-order valence-corrected chi connectivity index (χ2v) is 19.9. The van der Waals surface area contributed by atoms with E-state index in [1.165, 1.54) is 66.5 Å². The van der Waals surface area contributed by atoms with Gasteiger partial charge in [-0.05, 0) is 73.6 Å². The highest BCUT2D eigenvalue weighted by atomic mass is 28.3. The van der Waals surface area contributed by atoms with Crippen molar-refractivity contribution in [3.63, 3.8) is 0 Å². The summed E-state index contributed by atoms with van der Waals surface area (Å²) in [5.41, 5.74) is 11.5. The van der Waals surface area contributed by atoms with Crippen molar-refractivity contribution < 1.29 is 13.9 Å². The lowest BCUT2D eigenvalue weighted by molar-refractivity contribution is -0.728. The highest BCUT2D eigenvalue weighted by Gasteiger charge is 2.48. The molecule has 0 radical (unpaired) electrons. The van der Waals surface area contributed by atoms with Gasteiger partial charge < -0.3 is 10.1 Å². The third kappa shape index (κ3) is 5.43. The molecule has 4 nitrogen and oxygen atoms in total. The van der Waals surface area contributed by atoms with Gasteiger partial charge in [0.15, 0.2) is 18.3 Å². The zero-order valence-electron chi connectivity index (χ0n) is 27.7. The molecule has 1 saturated carbocycles. The third-order valence-electron chi connectivity index (χ3n) is 10.7. The number of nitrogens with one attached hydrogen (secondary N) is 1. The van der Waals surface area contributed by atoms with Crippen molar-refractivity contribution in [3.05, 3.63) is 114 Å². The number of benzene rings is 1. The molecule has 1 fully saturated rings. The Labute approximate surface area is 270 Å². The molecule has 1 N–H and O–H groups in total. The van der Waals surface area contributed by atoms with Crippen molar-refractivity contribution in [1.82, 2.24) is 5.32 Å². The Bertz CT molecular complexity index is 1750. The third-order valence-corrected chi connectivity index (χ3v) is 12.8. The van der Waals surface area contributed by atoms with Gasteiger partial charge in [0.1, 0.15) is 5.76 Å². The number of aromatic nitrogens is 2. The first-order valence-corrected chi connectivity index (χ1v) is 20.5. The molecule has 45 heavy (non-hydrogen) atoms. The summed E-state index contributed by atoms with van der Waals surface area (Å²) in [7, 11) is -1.66. The predicted octanol–water partition coefficient (Wildman–Crippen LogP) is 7.87. The summed E-state index contributed by atoms with van der Waals surface area (Å²) >= 11 is 0. The molecule has 5 heterocycles. The maximum Gasteiger partial charge on any atom is 0.249 e. The van der Waals surface area contributed by atoms with E-state index in [0.717, 1.165) is 35.7 Å². The van der Waals surface area contributed by atoms with Gasteiger partial charge in [0, 0.05) is 35.5 Å². The van der Waals surface area contributed by atoms with E-state index < -0.39 is 8.07 Å². The zero-order chi connectivity index (χ0) is 31.5. The fraction of sp³-hybridized carbons (Fsp3) is 0.400. The van der Waals surface area contributed by atoms with Crippen LogP contribution in [0.3, 0.4) is 0 Å². The summed E-state index contributed by atoms with van der Waals surface area (Å²) in [5, 5.41) is 5.01. The van der Waals surface area contributed by atoms with Gasteiger partial charge in [-0.2, -0.15) is 9.13 Å². The van der Waals surface area contributed by atoms with E-state index in [2.05, 4.69) is 109 Å². The first-order chi connectivity index (χ1) is 21.6. The van der Waals surface area contributed by atoms with Crippen molar-refractivity contribution in [2.75, 3.05) is 6.54 Å². The molecule has 2 aromatic heterocycles. The van der Waals surface area contributed by atoms with Crippen LogP contribution in [-0.4, -0.2) is 14.6 Å². The van der Waals surface area contributed by atoms with Gasteiger partial charge in [0.05, 0.1) is 19.6 Å². The van der Waals surface area contributed by atoms with Crippen LogP contribution in [0.5, 0.6) is 0 Å². The first-order valence-electron chi connectivity index (χ1n) is 17.0. The van der Waals surface area contributed by atoms with E-state index in [1.54, 1.807) is 10.8 Å². The average molecular weight is 616 g/mol. The van der Waals surface area contributed by atoms with E-state index in [-0.39, 0.29) is 12.0 Å². The minimum absolute atomic E-state index is 0.0841. The lowest BCUT2D eigenvalue weighted by atomic mass is 9.78. The number of hydrogen-bond acceptors (Lipinski definition) is 2. The smallest absolute Gasteiger partial charge is 0.249 e. The van der Waals surface area contributed by atoms with Crippen LogP contribution >= 0.6 is 0 Å². The molecule has 0 saturated heterocycles. The van der Waals surface area contributed by atoms with Crippen molar-refractivity contribution in [1.29, 1.82) is 0 Å². The molecular weight excluding hydrogens is 567 g/mol. The van der Waals surface area contributed by atoms with Crippen LogP contribution in [0.1, 0.15) is 79.3 Å². The Morgan fingerprint density at radius 2 is 1.73 bits per heavy atom. The minimum Gasteiger partial charge on any atom is -0.442 e. The Morgan fingerprint density at radius 1 is 0.956 bits per heavy atom. The van der Waals surface area contributed by atoms with Crippen LogP contribution < -0.4 is 19.6 Å². The lowest BCUT2D eigenvalue weighted by Gasteiger charge is -2.32. The number of ether oxygens (including phenoxy) is 1. The maximum atomic E-state index is 6.11. The highest BCUT2D eigenvalue weighted by Crippen LogP contribution is 2.46. The number of allylic oxidation sites excluding steroid dienone is 2. The predicted molar refractivity (Wildman–Crippen MR) is 187 cm³/mol. The summed E-state index contributed by atoms with van der Waals surface area (Å²) in [4.78, 5) is 0. The molecule has 5 heteroatoms. The number of rotatable bonds is 3. The van der Waals surface area contributed by atoms with Gasteiger partial charge >= 0.3 is 0 Å². The van der Waals surface area contributed by atoms with Crippen molar-refractivity contribution >= 4 is 24.5 Å². The number of fused-ring (bicyclic) bond motifs is 8. The maximum absolute atomic E-state index is 6.11. The fourth-order valence-electron chi connectivity index (χ4n) is 8.51. The Balaban J connectivity index is 1.45. The Kier molecular flexibility index (Phi) is 7.72. The topological polar surface area (TPSA) is 29.0 Å². The van der Waals surface area contributed by atoms with Crippen LogP contribution in [0.4, 0.5) is 0 Å². The van der Waals surface area contributed by atoms with Gasteiger partial charge in [-0.1, -0.05) is 76.5 Å². The summed E-state index contributed by atoms with van der Waals surface area (Å²) in [6.45, 7) is 23.8. The molecule has 4 aliphatic rings. The van der Waals surface area contributed by atoms with Crippen LogP contribution in [0, 0.1) is 12.8 Å². The van der Waals surface area contributed by atoms with Crippen LogP contribution in [-0.2, 0) is 11.2 Å². The van der Waals surface area contributed by atoms with E-state index in [4.69, 9.17) is 11.3 Å². The second-order valence-electron chi connectivity index (χ2n) is 14.9. The molecule has 2 atom stereocenters. The van der Waals surface area contributed by atoms with Crippen LogP contribution in [0.2, 0.25) is 19.6 Å². The number of nitrogens with zero attached hydrogens (tertiary/aromatic N) is 2. The van der Waals surface area contributed by atoms with E-state index in [9.17, 15) is 0 Å². The van der Waals surface area contributed by atoms with E-state index in [1.807, 2.05) is 0 Å². The SMILES string of the molecule is C=C1NCC2=C(C(=C)O1)c1cc(C)cc[n+]1C(=C)C1C(CC2)c2ccccc2-c2cc(CC3CCCCC3)c([Si](C)(C)C)c[n+]21. The normalized spacial score (nSPS) is 21.9. The second kappa shape index (κ2) is 11.6. The molecule has 7 rings (SSSR count). The summed E-state index contributed by atoms with van der Waals surface area (Å²) in [5.74, 6) is 2.28. The standard InChI is InChI=1S/C40H49N3OSi/c1-26-19-20-42-27(2)40-35(18-17-31-24-41-29(4)44-28(3)39(31)37(42)21-26)33-15-11-12-16-34(33)36-23-32(22-30-13-9-8-10-14-30)38(25-43(36)40)45(5,6)7/h11-12,15-16,19-21,23,25,30,35,40-41H,2-4,8-10,13-14,17-18,22,24H2,1,5-7H3/q+2. The molecule has 0 bridgehead atoms. The van der Waals surface area contributed by atoms with Crippen LogP contribution in [0.25, 0.3) is 22.5 Å². The van der Waals surface area contributed by atoms with E-state index >= 15 is 0 Å². The summed E-state index contributed by atoms with van der Waals surface area (Å²) < 4.78 is 11.1. The Hall–Kier alpha value is -3.70. The van der Waals surface area contributed by atoms with Gasteiger partial charge in [0.2, 0.25) is 23.1 Å². The van der Waals surface area contributed by atoms with Gasteiger partial charge in [0.25, 0.3) is 0 Å². The minimum atomic E-state index is -1.66. The Morgan fingerprint density at radius 3 is 2.51 bits per heavy atom. The van der Waals surface area contributed by atoms with Crippen LogP contribution in [0.15, 0.2) is 91.8 Å². The monoisotopic (exact) mass is 615 g/mol. The molecule has 3 aromatic rings. The molecule has 1 aliphatic carbocycles. The van der Waals surface area contributed by atoms with Crippen molar-refractivity contribution in [2.45, 2.75) is 89.9 Å². The van der Waals surface area contributed by atoms with Gasteiger partial charge in [-0.15, -0.1) is 0 Å². The number of hydrogen-bond donors (Lipinski definition) is 1. The molecule has 0 amide bonds. The van der Waals surface area contributed by atoms with Crippen molar-refractivity contribution in [3.8, 4) is 11.3 Å². The molecule has 0 spiro atoms. The summed E-state index contributed by atoms with van der Waals surface area (Å²) in [6, 6.07) is 16.3. The zero-order valence-corrected chi connectivity index (χ0v) is 28.7. The average Bonchev–Trinajstić information content (AvgIpc) is 3.12. The van der Waals surface area contributed by atoms with Crippen molar-refractivity contribution in [2.24, 2.45) is 5.92 Å².